The van der Waals surface area contributed by atoms with Crippen LogP contribution < -0.4 is 5.32 Å². The van der Waals surface area contributed by atoms with Crippen molar-refractivity contribution in [2.24, 2.45) is 0 Å². The molecule has 1 amide bonds. The van der Waals surface area contributed by atoms with E-state index in [1.54, 1.807) is 25.1 Å². The molecule has 5 heteroatoms. The first-order chi connectivity index (χ1) is 10.5. The summed E-state index contributed by atoms with van der Waals surface area (Å²) in [5, 5.41) is 2.83. The molecular weight excluding hydrogens is 346 g/mol. The Morgan fingerprint density at radius 2 is 1.82 bits per heavy atom. The third-order valence-electron chi connectivity index (χ3n) is 3.29. The number of esters is 1. The first kappa shape index (κ1) is 16.2. The van der Waals surface area contributed by atoms with E-state index < -0.39 is 5.97 Å². The van der Waals surface area contributed by atoms with E-state index >= 15 is 0 Å². The first-order valence-corrected chi connectivity index (χ1v) is 7.53. The van der Waals surface area contributed by atoms with Gasteiger partial charge in [-0.3, -0.25) is 4.79 Å². The van der Waals surface area contributed by atoms with Gasteiger partial charge >= 0.3 is 5.97 Å². The quantitative estimate of drug-likeness (QED) is 0.844. The zero-order valence-electron chi connectivity index (χ0n) is 12.4. The number of carbonyl (C=O) groups is 2. The summed E-state index contributed by atoms with van der Waals surface area (Å²) >= 11 is 3.36. The van der Waals surface area contributed by atoms with Crippen molar-refractivity contribution < 1.29 is 14.3 Å². The second-order valence-electron chi connectivity index (χ2n) is 4.82. The first-order valence-electron chi connectivity index (χ1n) is 6.73. The highest BCUT2D eigenvalue weighted by atomic mass is 79.9. The van der Waals surface area contributed by atoms with Crippen LogP contribution in [-0.2, 0) is 16.0 Å². The Hall–Kier alpha value is -2.14. The molecule has 114 valence electrons. The normalized spacial score (nSPS) is 10.1. The SMILES string of the molecule is COC(=O)c1cccc(NC(=O)Cc2ccc(Br)cc2)c1C. The van der Waals surface area contributed by atoms with E-state index in [1.807, 2.05) is 24.3 Å². The van der Waals surface area contributed by atoms with Gasteiger partial charge in [0.15, 0.2) is 0 Å². The van der Waals surface area contributed by atoms with E-state index in [4.69, 9.17) is 4.74 Å². The van der Waals surface area contributed by atoms with Gasteiger partial charge in [0.1, 0.15) is 0 Å². The monoisotopic (exact) mass is 361 g/mol. The second-order valence-corrected chi connectivity index (χ2v) is 5.74. The number of hydrogen-bond acceptors (Lipinski definition) is 3. The molecule has 0 aliphatic heterocycles. The number of ether oxygens (including phenoxy) is 1. The molecule has 0 aliphatic carbocycles. The van der Waals surface area contributed by atoms with Crippen LogP contribution >= 0.6 is 15.9 Å². The average Bonchev–Trinajstić information content (AvgIpc) is 2.51. The van der Waals surface area contributed by atoms with Crippen LogP contribution in [0.3, 0.4) is 0 Å². The van der Waals surface area contributed by atoms with Crippen LogP contribution in [0.5, 0.6) is 0 Å². The van der Waals surface area contributed by atoms with Gasteiger partial charge in [0.25, 0.3) is 0 Å². The van der Waals surface area contributed by atoms with Gasteiger partial charge in [-0.25, -0.2) is 4.79 Å². The van der Waals surface area contributed by atoms with Crippen LogP contribution in [0.15, 0.2) is 46.9 Å². The molecule has 0 spiro atoms. The Balaban J connectivity index is 2.11. The number of nitrogens with one attached hydrogen (secondary N) is 1. The van der Waals surface area contributed by atoms with Crippen LogP contribution in [0.25, 0.3) is 0 Å². The molecular formula is C17H16BrNO3. The Kier molecular flexibility index (Phi) is 5.33. The maximum absolute atomic E-state index is 12.1. The lowest BCUT2D eigenvalue weighted by Gasteiger charge is -2.11. The van der Waals surface area contributed by atoms with Crippen molar-refractivity contribution in [3.8, 4) is 0 Å². The molecule has 0 saturated carbocycles. The van der Waals surface area contributed by atoms with E-state index in [1.165, 1.54) is 7.11 Å². The molecule has 2 aromatic carbocycles. The van der Waals surface area contributed by atoms with Crippen molar-refractivity contribution in [2.75, 3.05) is 12.4 Å². The van der Waals surface area contributed by atoms with Gasteiger partial charge in [-0.05, 0) is 42.3 Å². The number of anilines is 1. The fraction of sp³-hybridized carbons (Fsp3) is 0.176. The molecule has 0 fully saturated rings. The van der Waals surface area contributed by atoms with Gasteiger partial charge in [0.05, 0.1) is 19.1 Å². The molecule has 22 heavy (non-hydrogen) atoms. The highest BCUT2D eigenvalue weighted by Crippen LogP contribution is 2.20. The number of rotatable bonds is 4. The molecule has 0 atom stereocenters. The molecule has 0 unspecified atom stereocenters. The third-order valence-corrected chi connectivity index (χ3v) is 3.82. The van der Waals surface area contributed by atoms with Gasteiger partial charge in [-0.2, -0.15) is 0 Å². The molecule has 2 aromatic rings. The minimum absolute atomic E-state index is 0.132. The molecule has 4 nitrogen and oxygen atoms in total. The molecule has 0 aliphatic rings. The third kappa shape index (κ3) is 3.95. The maximum Gasteiger partial charge on any atom is 0.338 e. The zero-order chi connectivity index (χ0) is 16.1. The zero-order valence-corrected chi connectivity index (χ0v) is 13.9. The summed E-state index contributed by atoms with van der Waals surface area (Å²) in [4.78, 5) is 23.8. The maximum atomic E-state index is 12.1. The average molecular weight is 362 g/mol. The van der Waals surface area contributed by atoms with Gasteiger partial charge in [0, 0.05) is 10.2 Å². The Morgan fingerprint density at radius 3 is 2.45 bits per heavy atom. The van der Waals surface area contributed by atoms with Gasteiger partial charge in [-0.1, -0.05) is 34.1 Å². The number of benzene rings is 2. The van der Waals surface area contributed by atoms with Crippen molar-refractivity contribution >= 4 is 33.5 Å². The van der Waals surface area contributed by atoms with Gasteiger partial charge in [-0.15, -0.1) is 0 Å². The highest BCUT2D eigenvalue weighted by molar-refractivity contribution is 9.10. The summed E-state index contributed by atoms with van der Waals surface area (Å²) in [6.07, 6.45) is 0.273. The smallest absolute Gasteiger partial charge is 0.338 e. The Bertz CT molecular complexity index is 696. The molecule has 0 bridgehead atoms. The number of amides is 1. The molecule has 0 radical (unpaired) electrons. The van der Waals surface area contributed by atoms with E-state index in [2.05, 4.69) is 21.2 Å². The summed E-state index contributed by atoms with van der Waals surface area (Å²) < 4.78 is 5.70. The highest BCUT2D eigenvalue weighted by Gasteiger charge is 2.13. The molecule has 1 N–H and O–H groups in total. The number of carbonyl (C=O) groups excluding carboxylic acids is 2. The van der Waals surface area contributed by atoms with Crippen LogP contribution in [-0.4, -0.2) is 19.0 Å². The summed E-state index contributed by atoms with van der Waals surface area (Å²) in [7, 11) is 1.33. The largest absolute Gasteiger partial charge is 0.465 e. The van der Waals surface area contributed by atoms with E-state index in [0.29, 0.717) is 16.8 Å². The summed E-state index contributed by atoms with van der Waals surface area (Å²) in [5.41, 5.74) is 2.68. The fourth-order valence-electron chi connectivity index (χ4n) is 2.08. The minimum atomic E-state index is -0.415. The summed E-state index contributed by atoms with van der Waals surface area (Å²) in [5.74, 6) is -0.547. The van der Waals surface area contributed by atoms with Crippen LogP contribution in [0.4, 0.5) is 5.69 Å². The summed E-state index contributed by atoms with van der Waals surface area (Å²) in [6, 6.07) is 12.7. The fourth-order valence-corrected chi connectivity index (χ4v) is 2.35. The predicted molar refractivity (Wildman–Crippen MR) is 89.0 cm³/mol. The van der Waals surface area contributed by atoms with Crippen molar-refractivity contribution in [2.45, 2.75) is 13.3 Å². The predicted octanol–water partition coefficient (Wildman–Crippen LogP) is 3.73. The number of methoxy groups -OCH3 is 1. The van der Waals surface area contributed by atoms with Crippen molar-refractivity contribution in [3.63, 3.8) is 0 Å². The van der Waals surface area contributed by atoms with Crippen molar-refractivity contribution in [1.82, 2.24) is 0 Å². The van der Waals surface area contributed by atoms with Gasteiger partial charge in [0.2, 0.25) is 5.91 Å². The lowest BCUT2D eigenvalue weighted by molar-refractivity contribution is -0.115. The Labute approximate surface area is 137 Å². The lowest BCUT2D eigenvalue weighted by atomic mass is 10.1. The minimum Gasteiger partial charge on any atom is -0.465 e. The van der Waals surface area contributed by atoms with E-state index in [0.717, 1.165) is 10.0 Å². The van der Waals surface area contributed by atoms with Gasteiger partial charge < -0.3 is 10.1 Å². The second kappa shape index (κ2) is 7.22. The Morgan fingerprint density at radius 1 is 1.14 bits per heavy atom. The lowest BCUT2D eigenvalue weighted by Crippen LogP contribution is -2.16. The van der Waals surface area contributed by atoms with Crippen molar-refractivity contribution in [3.05, 3.63) is 63.6 Å². The van der Waals surface area contributed by atoms with E-state index in [9.17, 15) is 9.59 Å². The van der Waals surface area contributed by atoms with Crippen LogP contribution in [0.1, 0.15) is 21.5 Å². The van der Waals surface area contributed by atoms with Crippen molar-refractivity contribution in [1.29, 1.82) is 0 Å². The number of halogens is 1. The summed E-state index contributed by atoms with van der Waals surface area (Å²) in [6.45, 7) is 1.78. The topological polar surface area (TPSA) is 55.4 Å². The molecule has 2 rings (SSSR count). The number of hydrogen-bond donors (Lipinski definition) is 1. The van der Waals surface area contributed by atoms with Crippen LogP contribution in [0, 0.1) is 6.92 Å². The molecule has 0 heterocycles. The molecule has 0 aromatic heterocycles. The standard InChI is InChI=1S/C17H16BrNO3/c1-11-14(17(21)22-2)4-3-5-15(11)19-16(20)10-12-6-8-13(18)9-7-12/h3-9H,10H2,1-2H3,(H,19,20). The van der Waals surface area contributed by atoms with E-state index in [-0.39, 0.29) is 12.3 Å². The molecule has 0 saturated heterocycles. The van der Waals surface area contributed by atoms with Crippen LogP contribution in [0.2, 0.25) is 0 Å².